The number of amides is 1. The zero-order valence-electron chi connectivity index (χ0n) is 9.30. The quantitative estimate of drug-likeness (QED) is 0.597. The molecule has 6 nitrogen and oxygen atoms in total. The standard InChI is InChI=1S/C10H12BrNO5S/c11-7-17-9-3-1-2-8(6-9)10(13)12-4-5-18(14,15)16/h1-3,6H,4-5,7H2,(H,12,13)(H,14,15,16). The van der Waals surface area contributed by atoms with Crippen LogP contribution in [0.2, 0.25) is 0 Å². The first-order valence-corrected chi connectivity index (χ1v) is 7.67. The van der Waals surface area contributed by atoms with Gasteiger partial charge in [0.2, 0.25) is 0 Å². The lowest BCUT2D eigenvalue weighted by Crippen LogP contribution is -2.28. The maximum absolute atomic E-state index is 11.6. The van der Waals surface area contributed by atoms with Crippen LogP contribution in [0.4, 0.5) is 0 Å². The van der Waals surface area contributed by atoms with Crippen LogP contribution in [0.3, 0.4) is 0 Å². The molecule has 0 saturated heterocycles. The third-order valence-corrected chi connectivity index (χ3v) is 2.91. The molecule has 1 amide bonds. The number of benzene rings is 1. The monoisotopic (exact) mass is 337 g/mol. The summed E-state index contributed by atoms with van der Waals surface area (Å²) in [5, 5.41) is 2.38. The number of hydrogen-bond donors (Lipinski definition) is 2. The predicted octanol–water partition coefficient (Wildman–Crippen LogP) is 1.04. The highest BCUT2D eigenvalue weighted by atomic mass is 79.9. The molecule has 1 rings (SSSR count). The third-order valence-electron chi connectivity index (χ3n) is 1.96. The topological polar surface area (TPSA) is 92.7 Å². The molecule has 0 unspecified atom stereocenters. The van der Waals surface area contributed by atoms with E-state index in [9.17, 15) is 13.2 Å². The normalized spacial score (nSPS) is 11.0. The molecule has 0 aliphatic heterocycles. The van der Waals surface area contributed by atoms with Crippen molar-refractivity contribution in [2.24, 2.45) is 0 Å². The highest BCUT2D eigenvalue weighted by Gasteiger charge is 2.09. The van der Waals surface area contributed by atoms with E-state index in [4.69, 9.17) is 9.29 Å². The first kappa shape index (κ1) is 14.9. The van der Waals surface area contributed by atoms with Crippen molar-refractivity contribution in [3.8, 4) is 5.75 Å². The molecule has 1 aromatic carbocycles. The van der Waals surface area contributed by atoms with Crippen molar-refractivity contribution < 1.29 is 22.5 Å². The highest BCUT2D eigenvalue weighted by molar-refractivity contribution is 9.09. The summed E-state index contributed by atoms with van der Waals surface area (Å²) in [4.78, 5) is 11.6. The number of rotatable bonds is 6. The number of carbonyl (C=O) groups excluding carboxylic acids is 1. The van der Waals surface area contributed by atoms with E-state index in [1.165, 1.54) is 6.07 Å². The molecule has 0 bridgehead atoms. The van der Waals surface area contributed by atoms with E-state index in [-0.39, 0.29) is 6.54 Å². The molecule has 0 saturated carbocycles. The summed E-state index contributed by atoms with van der Waals surface area (Å²) in [7, 11) is -4.06. The molecule has 0 aromatic heterocycles. The molecule has 0 fully saturated rings. The van der Waals surface area contributed by atoms with Gasteiger partial charge in [-0.05, 0) is 34.1 Å². The van der Waals surface area contributed by atoms with Crippen molar-refractivity contribution in [3.63, 3.8) is 0 Å². The van der Waals surface area contributed by atoms with Crippen LogP contribution in [0.1, 0.15) is 10.4 Å². The second kappa shape index (κ2) is 6.72. The Labute approximate surface area is 113 Å². The second-order valence-electron chi connectivity index (χ2n) is 3.32. The van der Waals surface area contributed by atoms with Gasteiger partial charge in [0, 0.05) is 12.1 Å². The minimum atomic E-state index is -4.06. The Morgan fingerprint density at radius 1 is 1.44 bits per heavy atom. The van der Waals surface area contributed by atoms with Gasteiger partial charge in [-0.25, -0.2) is 0 Å². The van der Waals surface area contributed by atoms with Crippen molar-refractivity contribution in [1.29, 1.82) is 0 Å². The van der Waals surface area contributed by atoms with E-state index in [2.05, 4.69) is 21.2 Å². The zero-order chi connectivity index (χ0) is 13.6. The second-order valence-corrected chi connectivity index (χ2v) is 5.35. The van der Waals surface area contributed by atoms with Gasteiger partial charge in [-0.3, -0.25) is 9.35 Å². The molecule has 0 aliphatic carbocycles. The Hall–Kier alpha value is -1.12. The summed E-state index contributed by atoms with van der Waals surface area (Å²) in [5.74, 6) is -0.427. The van der Waals surface area contributed by atoms with Gasteiger partial charge in [0.25, 0.3) is 16.0 Å². The van der Waals surface area contributed by atoms with E-state index in [0.29, 0.717) is 16.8 Å². The predicted molar refractivity (Wildman–Crippen MR) is 69.6 cm³/mol. The van der Waals surface area contributed by atoms with Crippen LogP contribution in [-0.2, 0) is 10.1 Å². The van der Waals surface area contributed by atoms with Crippen molar-refractivity contribution >= 4 is 32.0 Å². The van der Waals surface area contributed by atoms with Gasteiger partial charge >= 0.3 is 0 Å². The molecule has 0 spiro atoms. The zero-order valence-corrected chi connectivity index (χ0v) is 11.7. The fourth-order valence-corrected chi connectivity index (χ4v) is 1.81. The Bertz CT molecular complexity index is 517. The van der Waals surface area contributed by atoms with Crippen molar-refractivity contribution in [2.45, 2.75) is 0 Å². The molecule has 0 atom stereocenters. The fraction of sp³-hybridized carbons (Fsp3) is 0.300. The Balaban J connectivity index is 2.58. The molecule has 0 radical (unpaired) electrons. The van der Waals surface area contributed by atoms with Crippen LogP contribution < -0.4 is 10.1 Å². The number of ether oxygens (including phenoxy) is 1. The first-order chi connectivity index (χ1) is 8.42. The van der Waals surface area contributed by atoms with Gasteiger partial charge in [0.15, 0.2) is 0 Å². The average molecular weight is 338 g/mol. The maximum atomic E-state index is 11.6. The minimum Gasteiger partial charge on any atom is -0.482 e. The van der Waals surface area contributed by atoms with Crippen LogP contribution in [0.25, 0.3) is 0 Å². The Kier molecular flexibility index (Phi) is 5.57. The van der Waals surface area contributed by atoms with Gasteiger partial charge in [0.05, 0.1) is 5.75 Å². The van der Waals surface area contributed by atoms with Gasteiger partial charge in [-0.15, -0.1) is 0 Å². The first-order valence-electron chi connectivity index (χ1n) is 4.94. The van der Waals surface area contributed by atoms with E-state index >= 15 is 0 Å². The number of nitrogens with one attached hydrogen (secondary N) is 1. The smallest absolute Gasteiger partial charge is 0.266 e. The molecule has 100 valence electrons. The van der Waals surface area contributed by atoms with Gasteiger partial charge < -0.3 is 10.1 Å². The molecule has 0 aliphatic rings. The molecule has 18 heavy (non-hydrogen) atoms. The minimum absolute atomic E-state index is 0.152. The Morgan fingerprint density at radius 2 is 2.17 bits per heavy atom. The number of alkyl halides is 1. The molecule has 2 N–H and O–H groups in total. The van der Waals surface area contributed by atoms with E-state index < -0.39 is 21.8 Å². The molecule has 1 aromatic rings. The molecule has 8 heteroatoms. The van der Waals surface area contributed by atoms with Crippen LogP contribution in [-0.4, -0.2) is 36.7 Å². The lowest BCUT2D eigenvalue weighted by Gasteiger charge is -2.06. The lowest BCUT2D eigenvalue weighted by molar-refractivity contribution is 0.0955. The van der Waals surface area contributed by atoms with E-state index in [1.54, 1.807) is 18.2 Å². The summed E-state index contributed by atoms with van der Waals surface area (Å²) in [5.41, 5.74) is 0.657. The number of hydrogen-bond acceptors (Lipinski definition) is 4. The lowest BCUT2D eigenvalue weighted by atomic mass is 10.2. The summed E-state index contributed by atoms with van der Waals surface area (Å²) in [6, 6.07) is 6.44. The van der Waals surface area contributed by atoms with E-state index in [0.717, 1.165) is 0 Å². The molecular weight excluding hydrogens is 326 g/mol. The van der Waals surface area contributed by atoms with Gasteiger partial charge in [0.1, 0.15) is 11.3 Å². The highest BCUT2D eigenvalue weighted by Crippen LogP contribution is 2.13. The summed E-state index contributed by atoms with van der Waals surface area (Å²) >= 11 is 3.09. The number of carbonyl (C=O) groups is 1. The summed E-state index contributed by atoms with van der Waals surface area (Å²) in [6.45, 7) is -0.152. The molecule has 0 heterocycles. The van der Waals surface area contributed by atoms with Crippen molar-refractivity contribution in [1.82, 2.24) is 5.32 Å². The Morgan fingerprint density at radius 3 is 2.78 bits per heavy atom. The fourth-order valence-electron chi connectivity index (χ4n) is 1.19. The molecular formula is C10H12BrNO5S. The largest absolute Gasteiger partial charge is 0.482 e. The summed E-state index contributed by atoms with van der Waals surface area (Å²) < 4.78 is 34.6. The van der Waals surface area contributed by atoms with Crippen LogP contribution in [0, 0.1) is 0 Å². The van der Waals surface area contributed by atoms with Crippen LogP contribution in [0.5, 0.6) is 5.75 Å². The number of halogens is 1. The van der Waals surface area contributed by atoms with Crippen LogP contribution >= 0.6 is 15.9 Å². The third kappa shape index (κ3) is 5.48. The van der Waals surface area contributed by atoms with Crippen molar-refractivity contribution in [3.05, 3.63) is 29.8 Å². The van der Waals surface area contributed by atoms with E-state index in [1.807, 2.05) is 0 Å². The van der Waals surface area contributed by atoms with Crippen molar-refractivity contribution in [2.75, 3.05) is 17.8 Å². The maximum Gasteiger partial charge on any atom is 0.266 e. The van der Waals surface area contributed by atoms with Gasteiger partial charge in [-0.2, -0.15) is 8.42 Å². The van der Waals surface area contributed by atoms with Crippen LogP contribution in [0.15, 0.2) is 24.3 Å². The summed E-state index contributed by atoms with van der Waals surface area (Å²) in [6.07, 6.45) is 0. The SMILES string of the molecule is O=C(NCCS(=O)(=O)O)c1cccc(OCBr)c1. The van der Waals surface area contributed by atoms with Gasteiger partial charge in [-0.1, -0.05) is 6.07 Å². The average Bonchev–Trinajstić information content (AvgIpc) is 2.28.